The van der Waals surface area contributed by atoms with Gasteiger partial charge in [0.05, 0.1) is 18.8 Å². The van der Waals surface area contributed by atoms with Crippen LogP contribution in [0.25, 0.3) is 10.8 Å². The lowest BCUT2D eigenvalue weighted by Gasteiger charge is -2.27. The molecule has 11 heteroatoms. The number of fused-ring (bicyclic) bond motifs is 1. The van der Waals surface area contributed by atoms with E-state index in [1.807, 2.05) is 72.8 Å². The molecule has 11 nitrogen and oxygen atoms in total. The van der Waals surface area contributed by atoms with Gasteiger partial charge in [-0.1, -0.05) is 72.8 Å². The number of amides is 3. The van der Waals surface area contributed by atoms with Gasteiger partial charge in [-0.05, 0) is 48.6 Å². The van der Waals surface area contributed by atoms with Crippen LogP contribution in [0.1, 0.15) is 49.6 Å². The third kappa shape index (κ3) is 7.21. The van der Waals surface area contributed by atoms with Gasteiger partial charge in [-0.2, -0.15) is 0 Å². The maximum atomic E-state index is 13.9. The average molecular weight is 611 g/mol. The van der Waals surface area contributed by atoms with E-state index >= 15 is 0 Å². The van der Waals surface area contributed by atoms with Gasteiger partial charge in [0.1, 0.15) is 29.6 Å². The number of methoxy groups -OCH3 is 1. The maximum absolute atomic E-state index is 13.9. The molecule has 1 aliphatic heterocycles. The van der Waals surface area contributed by atoms with E-state index in [9.17, 15) is 19.2 Å². The number of rotatable bonds is 10. The van der Waals surface area contributed by atoms with Gasteiger partial charge in [0.15, 0.2) is 0 Å². The molecular weight excluding hydrogens is 572 g/mol. The Morgan fingerprint density at radius 3 is 2.47 bits per heavy atom. The summed E-state index contributed by atoms with van der Waals surface area (Å²) in [5, 5.41) is 7.69. The summed E-state index contributed by atoms with van der Waals surface area (Å²) in [6.07, 6.45) is 2.84. The number of likely N-dealkylation sites (tertiary alicyclic amines) is 1. The highest BCUT2D eigenvalue weighted by Crippen LogP contribution is 2.30. The summed E-state index contributed by atoms with van der Waals surface area (Å²) in [5.74, 6) is -2.02. The molecular formula is C34H38N6O5. The normalized spacial score (nSPS) is 16.2. The monoisotopic (exact) mass is 610 g/mol. The molecule has 0 radical (unpaired) electrons. The van der Waals surface area contributed by atoms with Crippen molar-refractivity contribution < 1.29 is 23.9 Å². The second-order valence-electron chi connectivity index (χ2n) is 11.9. The van der Waals surface area contributed by atoms with Crippen molar-refractivity contribution >= 4 is 40.3 Å². The number of benzene rings is 3. The van der Waals surface area contributed by atoms with Crippen LogP contribution in [0.2, 0.25) is 0 Å². The van der Waals surface area contributed by atoms with Crippen LogP contribution in [-0.2, 0) is 30.3 Å². The SMILES string of the molecule is COC(=O)[C@@H]1CCCN1C(=O)C(c1ccccc1)c1ncc(NC(=O)[C@@H](Cc2ccc3ccccc3c2)NC(=O)C(C)(C)N)[nH]1. The van der Waals surface area contributed by atoms with Gasteiger partial charge >= 0.3 is 5.97 Å². The number of aromatic nitrogens is 2. The van der Waals surface area contributed by atoms with Crippen LogP contribution in [0.4, 0.5) is 5.82 Å². The summed E-state index contributed by atoms with van der Waals surface area (Å²) < 4.78 is 4.95. The molecule has 45 heavy (non-hydrogen) atoms. The minimum atomic E-state index is -1.20. The molecule has 5 N–H and O–H groups in total. The lowest BCUT2D eigenvalue weighted by Crippen LogP contribution is -2.55. The fourth-order valence-corrected chi connectivity index (χ4v) is 5.56. The largest absolute Gasteiger partial charge is 0.467 e. The quantitative estimate of drug-likeness (QED) is 0.201. The fourth-order valence-electron chi connectivity index (χ4n) is 5.56. The number of hydrogen-bond donors (Lipinski definition) is 4. The van der Waals surface area contributed by atoms with Crippen LogP contribution in [0, 0.1) is 0 Å². The van der Waals surface area contributed by atoms with Gasteiger partial charge in [-0.3, -0.25) is 14.4 Å². The van der Waals surface area contributed by atoms with Crippen molar-refractivity contribution in [2.45, 2.75) is 56.7 Å². The first-order valence-corrected chi connectivity index (χ1v) is 14.9. The minimum absolute atomic E-state index is 0.217. The maximum Gasteiger partial charge on any atom is 0.328 e. The number of ether oxygens (including phenoxy) is 1. The number of H-pyrrole nitrogens is 1. The van der Waals surface area contributed by atoms with E-state index in [0.717, 1.165) is 16.3 Å². The average Bonchev–Trinajstić information content (AvgIpc) is 3.71. The van der Waals surface area contributed by atoms with Crippen molar-refractivity contribution in [3.8, 4) is 0 Å². The molecule has 0 saturated carbocycles. The molecule has 0 aliphatic carbocycles. The zero-order valence-electron chi connectivity index (χ0n) is 25.6. The van der Waals surface area contributed by atoms with Crippen LogP contribution in [0.5, 0.6) is 0 Å². The van der Waals surface area contributed by atoms with E-state index in [1.165, 1.54) is 18.2 Å². The lowest BCUT2D eigenvalue weighted by atomic mass is 9.96. The Bertz CT molecular complexity index is 1700. The summed E-state index contributed by atoms with van der Waals surface area (Å²) in [6, 6.07) is 21.3. The molecule has 3 atom stereocenters. The van der Waals surface area contributed by atoms with Crippen molar-refractivity contribution in [1.82, 2.24) is 20.2 Å². The Labute approximate surface area is 261 Å². The highest BCUT2D eigenvalue weighted by Gasteiger charge is 2.40. The Hall–Kier alpha value is -5.03. The molecule has 3 amide bonds. The number of nitrogens with two attached hydrogens (primary N) is 1. The van der Waals surface area contributed by atoms with Crippen molar-refractivity contribution in [1.29, 1.82) is 0 Å². The Morgan fingerprint density at radius 1 is 1.04 bits per heavy atom. The summed E-state index contributed by atoms with van der Waals surface area (Å²) in [7, 11) is 1.31. The standard InChI is InChI=1S/C34H38N6O5/c1-34(2,35)33(44)37-25(19-21-15-16-22-10-7-8-13-24(22)18-21)30(41)39-27-20-36-29(38-27)28(23-11-5-4-6-12-23)31(42)40-17-9-14-26(40)32(43)45-3/h4-8,10-13,15-16,18,20,25-26,28H,9,14,17,19,35H2,1-3H3,(H,36,38)(H,37,44)(H,39,41)/t25-,26+,28?/m1/s1. The van der Waals surface area contributed by atoms with E-state index in [0.29, 0.717) is 30.8 Å². The predicted molar refractivity (Wildman–Crippen MR) is 170 cm³/mol. The van der Waals surface area contributed by atoms with Crippen molar-refractivity contribution in [2.75, 3.05) is 19.0 Å². The number of nitrogens with zero attached hydrogens (tertiary/aromatic N) is 2. The summed E-state index contributed by atoms with van der Waals surface area (Å²) >= 11 is 0. The Kier molecular flexibility index (Phi) is 9.29. The van der Waals surface area contributed by atoms with Gasteiger partial charge in [0.25, 0.3) is 0 Å². The minimum Gasteiger partial charge on any atom is -0.467 e. The molecule has 2 heterocycles. The number of carbonyl (C=O) groups excluding carboxylic acids is 4. The van der Waals surface area contributed by atoms with Crippen molar-refractivity contribution in [3.05, 3.63) is 95.9 Å². The van der Waals surface area contributed by atoms with Crippen molar-refractivity contribution in [3.63, 3.8) is 0 Å². The number of anilines is 1. The topological polar surface area (TPSA) is 160 Å². The second-order valence-corrected chi connectivity index (χ2v) is 11.9. The van der Waals surface area contributed by atoms with Gasteiger partial charge in [0, 0.05) is 13.0 Å². The van der Waals surface area contributed by atoms with E-state index in [4.69, 9.17) is 10.5 Å². The van der Waals surface area contributed by atoms with Gasteiger partial charge in [-0.25, -0.2) is 9.78 Å². The van der Waals surface area contributed by atoms with E-state index in [2.05, 4.69) is 20.6 Å². The zero-order valence-corrected chi connectivity index (χ0v) is 25.6. The van der Waals surface area contributed by atoms with Gasteiger partial charge in [0.2, 0.25) is 17.7 Å². The molecule has 5 rings (SSSR count). The van der Waals surface area contributed by atoms with Crippen LogP contribution in [0.3, 0.4) is 0 Å². The lowest BCUT2D eigenvalue weighted by molar-refractivity contribution is -0.151. The fraction of sp³-hybridized carbons (Fsp3) is 0.324. The van der Waals surface area contributed by atoms with Crippen LogP contribution in [-0.4, -0.2) is 69.8 Å². The molecule has 1 saturated heterocycles. The first kappa shape index (κ1) is 31.4. The first-order valence-electron chi connectivity index (χ1n) is 14.9. The Balaban J connectivity index is 1.40. The number of imidazole rings is 1. The third-order valence-electron chi connectivity index (χ3n) is 7.98. The third-order valence-corrected chi connectivity index (χ3v) is 7.98. The van der Waals surface area contributed by atoms with E-state index < -0.39 is 41.3 Å². The predicted octanol–water partition coefficient (Wildman–Crippen LogP) is 3.26. The second kappa shape index (κ2) is 13.3. The number of carbonyl (C=O) groups is 4. The molecule has 1 aromatic heterocycles. The summed E-state index contributed by atoms with van der Waals surface area (Å²) in [6.45, 7) is 3.56. The first-order chi connectivity index (χ1) is 21.5. The van der Waals surface area contributed by atoms with Crippen LogP contribution in [0.15, 0.2) is 79.0 Å². The zero-order chi connectivity index (χ0) is 32.1. The summed E-state index contributed by atoms with van der Waals surface area (Å²) in [4.78, 5) is 62.0. The Morgan fingerprint density at radius 2 is 1.76 bits per heavy atom. The smallest absolute Gasteiger partial charge is 0.328 e. The van der Waals surface area contributed by atoms with Crippen LogP contribution < -0.4 is 16.4 Å². The van der Waals surface area contributed by atoms with Crippen molar-refractivity contribution in [2.24, 2.45) is 5.73 Å². The molecule has 234 valence electrons. The number of esters is 1. The van der Waals surface area contributed by atoms with Gasteiger partial charge in [-0.15, -0.1) is 0 Å². The molecule has 1 aliphatic rings. The van der Waals surface area contributed by atoms with E-state index in [-0.39, 0.29) is 18.1 Å². The molecule has 1 unspecified atom stereocenters. The van der Waals surface area contributed by atoms with E-state index in [1.54, 1.807) is 13.8 Å². The molecule has 0 spiro atoms. The van der Waals surface area contributed by atoms with Crippen LogP contribution >= 0.6 is 0 Å². The highest BCUT2D eigenvalue weighted by molar-refractivity contribution is 5.98. The van der Waals surface area contributed by atoms with Gasteiger partial charge < -0.3 is 31.0 Å². The summed E-state index contributed by atoms with van der Waals surface area (Å²) in [5.41, 5.74) is 6.36. The molecule has 4 aromatic rings. The molecule has 3 aromatic carbocycles. The number of aromatic amines is 1. The number of nitrogens with one attached hydrogen (secondary N) is 3. The molecule has 0 bridgehead atoms. The highest BCUT2D eigenvalue weighted by atomic mass is 16.5. The number of hydrogen-bond acceptors (Lipinski definition) is 7. The molecule has 1 fully saturated rings.